The number of nitrogens with zero attached hydrogens (tertiary/aromatic N) is 3. The van der Waals surface area contributed by atoms with Gasteiger partial charge in [0.25, 0.3) is 10.0 Å². The summed E-state index contributed by atoms with van der Waals surface area (Å²) in [5.41, 5.74) is 1.41. The van der Waals surface area contributed by atoms with E-state index in [0.717, 1.165) is 11.8 Å². The smallest absolute Gasteiger partial charge is 0.262 e. The number of hydrogen-bond donors (Lipinski definition) is 0. The van der Waals surface area contributed by atoms with Crippen molar-refractivity contribution >= 4 is 19.9 Å². The van der Waals surface area contributed by atoms with Gasteiger partial charge in [-0.1, -0.05) is 24.3 Å². The molecular formula is C22H24FN3O5S2. The molecule has 33 heavy (non-hydrogen) atoms. The first-order valence-corrected chi connectivity index (χ1v) is 13.5. The summed E-state index contributed by atoms with van der Waals surface area (Å²) in [5, 5.41) is -0.0515. The van der Waals surface area contributed by atoms with Crippen molar-refractivity contribution in [2.75, 3.05) is 19.3 Å². The number of halogens is 1. The van der Waals surface area contributed by atoms with Gasteiger partial charge in [0.2, 0.25) is 0 Å². The Morgan fingerprint density at radius 1 is 1.09 bits per heavy atom. The molecule has 1 aromatic heterocycles. The van der Waals surface area contributed by atoms with Gasteiger partial charge in [0.1, 0.15) is 5.82 Å². The van der Waals surface area contributed by atoms with Gasteiger partial charge < -0.3 is 9.30 Å². The molecule has 176 valence electrons. The van der Waals surface area contributed by atoms with E-state index in [2.05, 4.69) is 4.98 Å². The minimum atomic E-state index is -3.84. The monoisotopic (exact) mass is 493 g/mol. The number of sulfone groups is 1. The summed E-state index contributed by atoms with van der Waals surface area (Å²) in [6, 6.07) is 12.3. The fourth-order valence-electron chi connectivity index (χ4n) is 3.86. The average molecular weight is 494 g/mol. The molecule has 0 N–H and O–H groups in total. The second-order valence-corrected chi connectivity index (χ2v) is 12.0. The highest BCUT2D eigenvalue weighted by molar-refractivity contribution is 7.90. The molecule has 2 atom stereocenters. The Morgan fingerprint density at radius 3 is 2.45 bits per heavy atom. The summed E-state index contributed by atoms with van der Waals surface area (Å²) >= 11 is 0. The lowest BCUT2D eigenvalue weighted by Crippen LogP contribution is -2.30. The van der Waals surface area contributed by atoms with Crippen LogP contribution in [0, 0.1) is 5.82 Å². The highest BCUT2D eigenvalue weighted by Crippen LogP contribution is 2.33. The Morgan fingerprint density at radius 2 is 1.82 bits per heavy atom. The van der Waals surface area contributed by atoms with Crippen molar-refractivity contribution in [2.45, 2.75) is 28.6 Å². The first-order chi connectivity index (χ1) is 15.5. The van der Waals surface area contributed by atoms with Crippen LogP contribution in [0.2, 0.25) is 0 Å². The van der Waals surface area contributed by atoms with Crippen LogP contribution in [0.5, 0.6) is 0 Å². The minimum Gasteiger partial charge on any atom is -0.371 e. The summed E-state index contributed by atoms with van der Waals surface area (Å²) in [6.07, 6.45) is 3.47. The molecule has 4 rings (SSSR count). The Kier molecular flexibility index (Phi) is 6.41. The molecule has 0 radical (unpaired) electrons. The lowest BCUT2D eigenvalue weighted by atomic mass is 9.96. The molecule has 1 fully saturated rings. The number of rotatable bonds is 7. The van der Waals surface area contributed by atoms with Crippen LogP contribution in [0.3, 0.4) is 0 Å². The van der Waals surface area contributed by atoms with Crippen molar-refractivity contribution in [3.05, 3.63) is 78.0 Å². The van der Waals surface area contributed by atoms with Crippen LogP contribution in [0.1, 0.15) is 17.0 Å². The Hall–Kier alpha value is -2.60. The molecule has 0 unspecified atom stereocenters. The van der Waals surface area contributed by atoms with E-state index in [4.69, 9.17) is 4.74 Å². The molecule has 1 aliphatic heterocycles. The van der Waals surface area contributed by atoms with Crippen LogP contribution >= 0.6 is 0 Å². The zero-order chi connectivity index (χ0) is 23.8. The standard InChI is InChI=1S/C22H24FN3O5S2/c1-25-13-22(24-15-25)33(29,30)26-11-20(17-6-8-18(23)9-7-17)21(12-26)31-14-16-4-3-5-19(10-16)32(2,27)28/h3-10,13,15,20-21H,11-12,14H2,1-2H3/t20-,21+/m0/s1. The maximum Gasteiger partial charge on any atom is 0.262 e. The molecule has 0 saturated carbocycles. The quantitative estimate of drug-likeness (QED) is 0.501. The first kappa shape index (κ1) is 23.6. The van der Waals surface area contributed by atoms with Gasteiger partial charge in [-0.3, -0.25) is 0 Å². The van der Waals surface area contributed by atoms with Gasteiger partial charge in [-0.15, -0.1) is 0 Å². The van der Waals surface area contributed by atoms with E-state index in [1.165, 1.54) is 35.0 Å². The summed E-state index contributed by atoms with van der Waals surface area (Å²) in [6.45, 7) is 0.342. The van der Waals surface area contributed by atoms with E-state index in [9.17, 15) is 21.2 Å². The van der Waals surface area contributed by atoms with Crippen LogP contribution in [0.15, 0.2) is 71.0 Å². The molecule has 1 saturated heterocycles. The zero-order valence-electron chi connectivity index (χ0n) is 18.1. The molecular weight excluding hydrogens is 469 g/mol. The predicted octanol–water partition coefficient (Wildman–Crippen LogP) is 2.34. The van der Waals surface area contributed by atoms with Gasteiger partial charge in [0.15, 0.2) is 14.9 Å². The van der Waals surface area contributed by atoms with Crippen molar-refractivity contribution in [2.24, 2.45) is 7.05 Å². The number of imidazole rings is 1. The molecule has 0 spiro atoms. The van der Waals surface area contributed by atoms with Crippen LogP contribution in [0.25, 0.3) is 0 Å². The molecule has 0 amide bonds. The van der Waals surface area contributed by atoms with Crippen LogP contribution in [-0.4, -0.2) is 56.1 Å². The van der Waals surface area contributed by atoms with Crippen molar-refractivity contribution in [1.82, 2.24) is 13.9 Å². The molecule has 0 bridgehead atoms. The molecule has 0 aliphatic carbocycles. The predicted molar refractivity (Wildman–Crippen MR) is 119 cm³/mol. The van der Waals surface area contributed by atoms with E-state index in [1.54, 1.807) is 41.9 Å². The molecule has 1 aliphatic rings. The highest BCUT2D eigenvalue weighted by atomic mass is 32.2. The number of ether oxygens (including phenoxy) is 1. The molecule has 3 aromatic rings. The summed E-state index contributed by atoms with van der Waals surface area (Å²) in [4.78, 5) is 4.16. The number of hydrogen-bond acceptors (Lipinski definition) is 6. The second kappa shape index (κ2) is 8.98. The summed E-state index contributed by atoms with van der Waals surface area (Å²) < 4.78 is 72.4. The number of sulfonamides is 1. The third-order valence-electron chi connectivity index (χ3n) is 5.61. The van der Waals surface area contributed by atoms with E-state index < -0.39 is 26.0 Å². The lowest BCUT2D eigenvalue weighted by molar-refractivity contribution is 0.0406. The van der Waals surface area contributed by atoms with Gasteiger partial charge in [-0.25, -0.2) is 26.2 Å². The van der Waals surface area contributed by atoms with Gasteiger partial charge in [-0.2, -0.15) is 4.31 Å². The number of aryl methyl sites for hydroxylation is 1. The summed E-state index contributed by atoms with van der Waals surface area (Å²) in [7, 11) is -5.52. The number of aromatic nitrogens is 2. The Balaban J connectivity index is 1.59. The number of benzene rings is 2. The van der Waals surface area contributed by atoms with Gasteiger partial charge in [0.05, 0.1) is 23.9 Å². The van der Waals surface area contributed by atoms with Gasteiger partial charge in [0, 0.05) is 38.5 Å². The average Bonchev–Trinajstić information content (AvgIpc) is 3.40. The molecule has 2 heterocycles. The second-order valence-electron chi connectivity index (χ2n) is 8.13. The van der Waals surface area contributed by atoms with E-state index in [0.29, 0.717) is 5.56 Å². The van der Waals surface area contributed by atoms with E-state index in [-0.39, 0.29) is 41.4 Å². The normalized spacial score (nSPS) is 19.7. The maximum absolute atomic E-state index is 13.5. The molecule has 11 heteroatoms. The van der Waals surface area contributed by atoms with Crippen LogP contribution in [-0.2, 0) is 38.3 Å². The third kappa shape index (κ3) is 5.16. The van der Waals surface area contributed by atoms with Crippen molar-refractivity contribution in [3.63, 3.8) is 0 Å². The minimum absolute atomic E-state index is 0.0515. The third-order valence-corrected chi connectivity index (χ3v) is 8.43. The van der Waals surface area contributed by atoms with Crippen molar-refractivity contribution in [3.8, 4) is 0 Å². The zero-order valence-corrected chi connectivity index (χ0v) is 19.8. The Labute approximate surface area is 192 Å². The van der Waals surface area contributed by atoms with E-state index in [1.807, 2.05) is 0 Å². The fraction of sp³-hybridized carbons (Fsp3) is 0.318. The van der Waals surface area contributed by atoms with E-state index >= 15 is 0 Å². The molecule has 2 aromatic carbocycles. The maximum atomic E-state index is 13.5. The molecule has 8 nitrogen and oxygen atoms in total. The SMILES string of the molecule is Cn1cnc(S(=O)(=O)N2C[C@@H](OCc3cccc(S(C)(=O)=O)c3)[C@H](c3ccc(F)cc3)C2)c1. The van der Waals surface area contributed by atoms with Crippen molar-refractivity contribution < 1.29 is 26.0 Å². The highest BCUT2D eigenvalue weighted by Gasteiger charge is 2.41. The van der Waals surface area contributed by atoms with Gasteiger partial charge in [-0.05, 0) is 35.4 Å². The fourth-order valence-corrected chi connectivity index (χ4v) is 5.99. The van der Waals surface area contributed by atoms with Crippen LogP contribution < -0.4 is 0 Å². The lowest BCUT2D eigenvalue weighted by Gasteiger charge is -2.19. The van der Waals surface area contributed by atoms with Gasteiger partial charge >= 0.3 is 0 Å². The largest absolute Gasteiger partial charge is 0.371 e. The Bertz CT molecular complexity index is 1350. The first-order valence-electron chi connectivity index (χ1n) is 10.2. The van der Waals surface area contributed by atoms with Crippen molar-refractivity contribution in [1.29, 1.82) is 0 Å². The summed E-state index contributed by atoms with van der Waals surface area (Å²) in [5.74, 6) is -0.716. The van der Waals surface area contributed by atoms with Crippen LogP contribution in [0.4, 0.5) is 4.39 Å². The topological polar surface area (TPSA) is 98.6 Å².